The fourth-order valence-corrected chi connectivity index (χ4v) is 8.30. The van der Waals surface area contributed by atoms with Crippen LogP contribution < -0.4 is 5.32 Å². The zero-order valence-electron chi connectivity index (χ0n) is 21.9. The third-order valence-electron chi connectivity index (χ3n) is 5.68. The van der Waals surface area contributed by atoms with Crippen molar-refractivity contribution in [1.29, 1.82) is 0 Å². The molecule has 0 aliphatic heterocycles. The van der Waals surface area contributed by atoms with Gasteiger partial charge in [-0.05, 0) is 65.4 Å². The molecule has 31 heavy (non-hydrogen) atoms. The molecule has 0 aromatic carbocycles. The molecule has 0 radical (unpaired) electrons. The molecular weight excluding hydrogens is 424 g/mol. The van der Waals surface area contributed by atoms with Crippen molar-refractivity contribution in [3.05, 3.63) is 0 Å². The van der Waals surface area contributed by atoms with Crippen LogP contribution >= 0.6 is 11.8 Å². The highest BCUT2D eigenvalue weighted by Crippen LogP contribution is 2.33. The fourth-order valence-electron chi connectivity index (χ4n) is 4.28. The summed E-state index contributed by atoms with van der Waals surface area (Å²) in [7, 11) is -2.56. The first-order valence-corrected chi connectivity index (χ1v) is 16.0. The van der Waals surface area contributed by atoms with E-state index < -0.39 is 8.80 Å². The third kappa shape index (κ3) is 12.4. The molecule has 0 spiro atoms. The molecule has 188 valence electrons. The lowest BCUT2D eigenvalue weighted by Crippen LogP contribution is -2.57. The maximum Gasteiger partial charge on any atom is 0.500 e. The normalized spacial score (nSPS) is 14.3. The van der Waals surface area contributed by atoms with E-state index in [0.717, 1.165) is 37.9 Å². The van der Waals surface area contributed by atoms with Gasteiger partial charge in [0, 0.05) is 25.9 Å². The lowest BCUT2D eigenvalue weighted by molar-refractivity contribution is 0.0701. The zero-order chi connectivity index (χ0) is 23.4. The van der Waals surface area contributed by atoms with Gasteiger partial charge in [0.2, 0.25) is 0 Å². The van der Waals surface area contributed by atoms with Gasteiger partial charge < -0.3 is 13.3 Å². The van der Waals surface area contributed by atoms with Crippen molar-refractivity contribution >= 4 is 20.6 Å². The molecule has 0 saturated carbocycles. The molecule has 0 bridgehead atoms. The minimum Gasteiger partial charge on any atom is -0.374 e. The van der Waals surface area contributed by atoms with Crippen LogP contribution in [0.1, 0.15) is 99.8 Å². The Morgan fingerprint density at radius 1 is 0.742 bits per heavy atom. The second-order valence-corrected chi connectivity index (χ2v) is 12.2. The molecule has 0 heterocycles. The van der Waals surface area contributed by atoms with Crippen LogP contribution in [0.25, 0.3) is 0 Å². The van der Waals surface area contributed by atoms with E-state index in [4.69, 9.17) is 13.3 Å². The van der Waals surface area contributed by atoms with Crippen molar-refractivity contribution in [1.82, 2.24) is 10.2 Å². The van der Waals surface area contributed by atoms with Crippen LogP contribution in [0.2, 0.25) is 6.04 Å². The van der Waals surface area contributed by atoms with Gasteiger partial charge >= 0.3 is 8.80 Å². The van der Waals surface area contributed by atoms with Gasteiger partial charge in [-0.2, -0.15) is 0 Å². The molecule has 0 saturated heterocycles. The molecule has 0 rings (SSSR count). The van der Waals surface area contributed by atoms with E-state index in [0.29, 0.717) is 19.8 Å². The average molecular weight is 479 g/mol. The first-order chi connectivity index (χ1) is 15.0. The molecule has 1 atom stereocenters. The van der Waals surface area contributed by atoms with E-state index in [-0.39, 0.29) is 4.99 Å². The van der Waals surface area contributed by atoms with Crippen LogP contribution in [-0.2, 0) is 13.3 Å². The summed E-state index contributed by atoms with van der Waals surface area (Å²) in [5.41, 5.74) is 0. The Morgan fingerprint density at radius 3 is 1.77 bits per heavy atom. The molecule has 1 N–H and O–H groups in total. The van der Waals surface area contributed by atoms with E-state index in [1.165, 1.54) is 44.9 Å². The monoisotopic (exact) mass is 478 g/mol. The summed E-state index contributed by atoms with van der Waals surface area (Å²) in [6, 6.07) is 0.873. The Bertz CT molecular complexity index is 386. The number of unbranched alkanes of at least 4 members (excludes halogenated alkanes) is 5. The number of thioether (sulfide) groups is 1. The van der Waals surface area contributed by atoms with Gasteiger partial charge in [-0.3, -0.25) is 10.2 Å². The van der Waals surface area contributed by atoms with Gasteiger partial charge in [0.15, 0.2) is 0 Å². The number of hydrogen-bond acceptors (Lipinski definition) is 6. The van der Waals surface area contributed by atoms with Crippen molar-refractivity contribution in [2.75, 3.05) is 45.2 Å². The molecular formula is C24H54N2O3SSi. The van der Waals surface area contributed by atoms with Gasteiger partial charge in [-0.1, -0.05) is 59.8 Å². The lowest BCUT2D eigenvalue weighted by atomic mass is 10.1. The van der Waals surface area contributed by atoms with Crippen LogP contribution in [0.3, 0.4) is 0 Å². The SMILES string of the molecule is CCCCCCCCC(NCCC[Si](OCC)(OCC)OCC)(SCC)N(CC)CC. The van der Waals surface area contributed by atoms with Gasteiger partial charge in [-0.15, -0.1) is 11.8 Å². The smallest absolute Gasteiger partial charge is 0.374 e. The summed E-state index contributed by atoms with van der Waals surface area (Å²) in [6.07, 6.45) is 10.3. The van der Waals surface area contributed by atoms with E-state index in [1.54, 1.807) is 0 Å². The predicted octanol–water partition coefficient (Wildman–Crippen LogP) is 6.51. The molecule has 0 aromatic heterocycles. The summed E-state index contributed by atoms with van der Waals surface area (Å²) in [5.74, 6) is 1.12. The van der Waals surface area contributed by atoms with Crippen molar-refractivity contribution in [3.8, 4) is 0 Å². The zero-order valence-corrected chi connectivity index (χ0v) is 23.7. The van der Waals surface area contributed by atoms with E-state index in [2.05, 4.69) is 49.7 Å². The Balaban J connectivity index is 5.03. The van der Waals surface area contributed by atoms with E-state index in [1.807, 2.05) is 20.8 Å². The molecule has 0 aromatic rings. The van der Waals surface area contributed by atoms with Crippen molar-refractivity contribution in [2.45, 2.75) is 111 Å². The highest BCUT2D eigenvalue weighted by Gasteiger charge is 2.40. The van der Waals surface area contributed by atoms with Crippen molar-refractivity contribution in [3.63, 3.8) is 0 Å². The second kappa shape index (κ2) is 19.8. The molecule has 5 nitrogen and oxygen atoms in total. The number of hydrogen-bond donors (Lipinski definition) is 1. The highest BCUT2D eigenvalue weighted by atomic mass is 32.2. The summed E-state index contributed by atoms with van der Waals surface area (Å²) < 4.78 is 18.1. The molecule has 0 aliphatic carbocycles. The summed E-state index contributed by atoms with van der Waals surface area (Å²) in [6.45, 7) is 20.3. The Hall–Kier alpha value is 0.367. The first-order valence-electron chi connectivity index (χ1n) is 13.1. The molecule has 7 heteroatoms. The van der Waals surface area contributed by atoms with Crippen LogP contribution in [0.15, 0.2) is 0 Å². The van der Waals surface area contributed by atoms with Gasteiger partial charge in [0.05, 0.1) is 0 Å². The molecule has 1 unspecified atom stereocenters. The first kappa shape index (κ1) is 31.4. The fraction of sp³-hybridized carbons (Fsp3) is 1.00. The van der Waals surface area contributed by atoms with Gasteiger partial charge in [0.25, 0.3) is 0 Å². The molecule has 0 aliphatic rings. The second-order valence-electron chi connectivity index (χ2n) is 7.92. The summed E-state index contributed by atoms with van der Waals surface area (Å²) >= 11 is 2.07. The lowest BCUT2D eigenvalue weighted by Gasteiger charge is -2.44. The number of nitrogens with zero attached hydrogens (tertiary/aromatic N) is 1. The quantitative estimate of drug-likeness (QED) is 0.102. The van der Waals surface area contributed by atoms with Crippen LogP contribution in [0.5, 0.6) is 0 Å². The maximum absolute atomic E-state index is 6.04. The standard InChI is InChI=1S/C24H54N2O3SSi/c1-8-15-16-17-18-19-21-24(30-14-7,26(9-2)10-3)25-22-20-23-31(27-11-4,28-12-5)29-13-6/h25H,8-23H2,1-7H3. The summed E-state index contributed by atoms with van der Waals surface area (Å²) in [5, 5.41) is 3.98. The van der Waals surface area contributed by atoms with Crippen molar-refractivity contribution in [2.24, 2.45) is 0 Å². The van der Waals surface area contributed by atoms with Crippen LogP contribution in [-0.4, -0.2) is 63.9 Å². The van der Waals surface area contributed by atoms with Crippen LogP contribution in [0.4, 0.5) is 0 Å². The Morgan fingerprint density at radius 2 is 1.29 bits per heavy atom. The van der Waals surface area contributed by atoms with Crippen molar-refractivity contribution < 1.29 is 13.3 Å². The minimum atomic E-state index is -2.56. The summed E-state index contributed by atoms with van der Waals surface area (Å²) in [4.78, 5) is 2.64. The van der Waals surface area contributed by atoms with Crippen LogP contribution in [0, 0.1) is 0 Å². The van der Waals surface area contributed by atoms with E-state index in [9.17, 15) is 0 Å². The largest absolute Gasteiger partial charge is 0.500 e. The predicted molar refractivity (Wildman–Crippen MR) is 140 cm³/mol. The van der Waals surface area contributed by atoms with E-state index >= 15 is 0 Å². The molecule has 0 amide bonds. The minimum absolute atomic E-state index is 0.0239. The Kier molecular flexibility index (Phi) is 20.0. The topological polar surface area (TPSA) is 43.0 Å². The number of rotatable bonds is 23. The third-order valence-corrected chi connectivity index (χ3v) is 10.2. The molecule has 0 fully saturated rings. The highest BCUT2D eigenvalue weighted by molar-refractivity contribution is 8.00. The Labute approximate surface area is 200 Å². The van der Waals surface area contributed by atoms with Gasteiger partial charge in [0.1, 0.15) is 4.99 Å². The number of nitrogens with one attached hydrogen (secondary N) is 1. The van der Waals surface area contributed by atoms with Gasteiger partial charge in [-0.25, -0.2) is 0 Å². The maximum atomic E-state index is 6.04. The average Bonchev–Trinajstić information content (AvgIpc) is 2.75.